The Balaban J connectivity index is 1.05. The lowest BCUT2D eigenvalue weighted by molar-refractivity contribution is 0.590. The average molecular weight is 601 g/mol. The number of benzene rings is 7. The molecule has 0 aliphatic heterocycles. The molecule has 0 saturated heterocycles. The Kier molecular flexibility index (Phi) is 4.66. The maximum Gasteiger partial charge on any atom is 0.227 e. The molecule has 0 radical (unpaired) electrons. The molecule has 3 heteroatoms. The summed E-state index contributed by atoms with van der Waals surface area (Å²) in [4.78, 5) is 5.10. The summed E-state index contributed by atoms with van der Waals surface area (Å²) in [6, 6.07) is 48.5. The van der Waals surface area contributed by atoms with Crippen molar-refractivity contribution in [2.45, 2.75) is 19.3 Å². The van der Waals surface area contributed by atoms with Crippen LogP contribution >= 0.6 is 0 Å². The van der Waals surface area contributed by atoms with Crippen molar-refractivity contribution in [2.24, 2.45) is 0 Å². The first-order valence-electron chi connectivity index (χ1n) is 16.3. The summed E-state index contributed by atoms with van der Waals surface area (Å²) >= 11 is 0. The van der Waals surface area contributed by atoms with E-state index in [0.717, 1.165) is 33.8 Å². The van der Waals surface area contributed by atoms with E-state index in [4.69, 9.17) is 9.40 Å². The van der Waals surface area contributed by atoms with E-state index >= 15 is 0 Å². The Bertz CT molecular complexity index is 2810. The van der Waals surface area contributed by atoms with Crippen molar-refractivity contribution in [3.05, 3.63) is 145 Å². The van der Waals surface area contributed by atoms with E-state index in [-0.39, 0.29) is 5.41 Å². The second kappa shape index (κ2) is 8.65. The van der Waals surface area contributed by atoms with Gasteiger partial charge < -0.3 is 8.98 Å². The summed E-state index contributed by atoms with van der Waals surface area (Å²) in [6.07, 6.45) is 0. The number of para-hydroxylation sites is 1. The Morgan fingerprint density at radius 3 is 2.19 bits per heavy atom. The monoisotopic (exact) mass is 600 g/mol. The molecule has 0 spiro atoms. The van der Waals surface area contributed by atoms with E-state index < -0.39 is 0 Å². The van der Waals surface area contributed by atoms with Crippen LogP contribution in [0.2, 0.25) is 0 Å². The molecule has 0 N–H and O–H groups in total. The van der Waals surface area contributed by atoms with E-state index in [1.807, 2.05) is 0 Å². The van der Waals surface area contributed by atoms with Gasteiger partial charge in [-0.3, -0.25) is 0 Å². The Hall–Kier alpha value is -5.93. The molecule has 0 amide bonds. The third-order valence-corrected chi connectivity index (χ3v) is 10.8. The lowest BCUT2D eigenvalue weighted by atomic mass is 9.82. The van der Waals surface area contributed by atoms with Crippen molar-refractivity contribution in [1.29, 1.82) is 0 Å². The lowest BCUT2D eigenvalue weighted by Crippen LogP contribution is -2.14. The Morgan fingerprint density at radius 1 is 0.553 bits per heavy atom. The summed E-state index contributed by atoms with van der Waals surface area (Å²) in [5.41, 5.74) is 13.1. The molecule has 2 aliphatic carbocycles. The van der Waals surface area contributed by atoms with Crippen molar-refractivity contribution in [1.82, 2.24) is 9.55 Å². The summed E-state index contributed by atoms with van der Waals surface area (Å²) in [6.45, 7) is 4.70. The highest BCUT2D eigenvalue weighted by Crippen LogP contribution is 2.52. The Labute approximate surface area is 271 Å². The number of hydrogen-bond donors (Lipinski definition) is 0. The van der Waals surface area contributed by atoms with Gasteiger partial charge in [-0.05, 0) is 86.9 Å². The van der Waals surface area contributed by atoms with Crippen molar-refractivity contribution >= 4 is 43.4 Å². The number of rotatable bonds is 2. The maximum atomic E-state index is 6.57. The minimum Gasteiger partial charge on any atom is -0.435 e. The van der Waals surface area contributed by atoms with Crippen LogP contribution in [0.5, 0.6) is 0 Å². The van der Waals surface area contributed by atoms with Gasteiger partial charge in [-0.1, -0.05) is 98.8 Å². The van der Waals surface area contributed by atoms with Gasteiger partial charge in [-0.2, -0.15) is 0 Å². The van der Waals surface area contributed by atoms with Crippen molar-refractivity contribution in [3.8, 4) is 50.8 Å². The van der Waals surface area contributed by atoms with Gasteiger partial charge in [-0.25, -0.2) is 4.98 Å². The number of aromatic nitrogens is 2. The average Bonchev–Trinajstić information content (AvgIpc) is 3.83. The van der Waals surface area contributed by atoms with Gasteiger partial charge in [0, 0.05) is 44.0 Å². The van der Waals surface area contributed by atoms with Crippen LogP contribution < -0.4 is 0 Å². The third-order valence-electron chi connectivity index (χ3n) is 10.8. The second-order valence-corrected chi connectivity index (χ2v) is 13.6. The fraction of sp³-hybridized carbons (Fsp3) is 0.0682. The van der Waals surface area contributed by atoms with Crippen LogP contribution in [0, 0.1) is 0 Å². The zero-order chi connectivity index (χ0) is 31.0. The molecule has 47 heavy (non-hydrogen) atoms. The van der Waals surface area contributed by atoms with Crippen LogP contribution in [0.15, 0.2) is 138 Å². The van der Waals surface area contributed by atoms with Crippen LogP contribution in [0.4, 0.5) is 0 Å². The first-order valence-corrected chi connectivity index (χ1v) is 16.3. The van der Waals surface area contributed by atoms with Gasteiger partial charge in [0.2, 0.25) is 5.89 Å². The topological polar surface area (TPSA) is 31.0 Å². The molecule has 0 atom stereocenters. The van der Waals surface area contributed by atoms with Gasteiger partial charge in [0.15, 0.2) is 5.76 Å². The molecule has 2 aromatic heterocycles. The zero-order valence-electron chi connectivity index (χ0n) is 26.0. The van der Waals surface area contributed by atoms with E-state index in [1.54, 1.807) is 0 Å². The minimum absolute atomic E-state index is 0.0636. The van der Waals surface area contributed by atoms with Crippen LogP contribution in [-0.4, -0.2) is 9.55 Å². The molecule has 3 nitrogen and oxygen atoms in total. The third kappa shape index (κ3) is 3.18. The summed E-state index contributed by atoms with van der Waals surface area (Å²) in [5, 5.41) is 7.51. The van der Waals surface area contributed by atoms with E-state index in [2.05, 4.69) is 152 Å². The normalized spacial score (nSPS) is 13.9. The molecular formula is C44H28N2O. The van der Waals surface area contributed by atoms with Gasteiger partial charge in [-0.15, -0.1) is 0 Å². The number of fused-ring (bicyclic) bond motifs is 11. The fourth-order valence-corrected chi connectivity index (χ4v) is 8.54. The van der Waals surface area contributed by atoms with Crippen LogP contribution in [0.25, 0.3) is 94.2 Å². The van der Waals surface area contributed by atoms with Crippen molar-refractivity contribution < 1.29 is 4.42 Å². The predicted molar refractivity (Wildman–Crippen MR) is 193 cm³/mol. The molecule has 9 aromatic rings. The highest BCUT2D eigenvalue weighted by Gasteiger charge is 2.36. The van der Waals surface area contributed by atoms with Crippen LogP contribution in [0.3, 0.4) is 0 Å². The smallest absolute Gasteiger partial charge is 0.227 e. The van der Waals surface area contributed by atoms with E-state index in [9.17, 15) is 0 Å². The predicted octanol–water partition coefficient (Wildman–Crippen LogP) is 11.7. The van der Waals surface area contributed by atoms with Gasteiger partial charge >= 0.3 is 0 Å². The summed E-state index contributed by atoms with van der Waals surface area (Å²) in [5.74, 6) is 1.51. The Morgan fingerprint density at radius 2 is 1.30 bits per heavy atom. The molecule has 11 rings (SSSR count). The van der Waals surface area contributed by atoms with E-state index in [0.29, 0.717) is 5.89 Å². The molecule has 2 heterocycles. The molecule has 7 aromatic carbocycles. The van der Waals surface area contributed by atoms with Crippen molar-refractivity contribution in [3.63, 3.8) is 0 Å². The number of hydrogen-bond acceptors (Lipinski definition) is 2. The molecule has 0 bridgehead atoms. The van der Waals surface area contributed by atoms with Gasteiger partial charge in [0.1, 0.15) is 5.69 Å². The highest BCUT2D eigenvalue weighted by atomic mass is 16.4. The second-order valence-electron chi connectivity index (χ2n) is 13.6. The quantitative estimate of drug-likeness (QED) is 0.185. The summed E-state index contributed by atoms with van der Waals surface area (Å²) < 4.78 is 8.98. The molecule has 0 saturated carbocycles. The minimum atomic E-state index is -0.0636. The first kappa shape index (κ1) is 25.3. The largest absolute Gasteiger partial charge is 0.435 e. The number of oxazole rings is 1. The van der Waals surface area contributed by atoms with E-state index in [1.165, 1.54) is 65.6 Å². The molecule has 0 fully saturated rings. The lowest BCUT2D eigenvalue weighted by Gasteiger charge is -2.21. The molecule has 0 unspecified atom stereocenters. The standard InChI is InChI=1S/C44H28N2O/c1-44(2)36-16-7-5-12-29(36)33-23-34-30-13-6-8-17-38(30)46(39(34)24-37(33)44)27-20-18-25(19-21-27)43-45-41-35-22-26-10-3-4-11-28(26)31-14-9-15-32(40(31)35)42(41)47-43/h3-24H,1-2H3. The highest BCUT2D eigenvalue weighted by molar-refractivity contribution is 6.22. The molecule has 220 valence electrons. The molecular weight excluding hydrogens is 572 g/mol. The fourth-order valence-electron chi connectivity index (χ4n) is 8.54. The summed E-state index contributed by atoms with van der Waals surface area (Å²) in [7, 11) is 0. The van der Waals surface area contributed by atoms with Crippen molar-refractivity contribution in [2.75, 3.05) is 0 Å². The first-order chi connectivity index (χ1) is 23.1. The van der Waals surface area contributed by atoms with Gasteiger partial charge in [0.25, 0.3) is 0 Å². The zero-order valence-corrected chi connectivity index (χ0v) is 26.0. The number of nitrogens with zero attached hydrogens (tertiary/aromatic N) is 2. The van der Waals surface area contributed by atoms with Gasteiger partial charge in [0.05, 0.1) is 11.0 Å². The van der Waals surface area contributed by atoms with Crippen LogP contribution in [-0.2, 0) is 5.41 Å². The molecule has 2 aliphatic rings. The van der Waals surface area contributed by atoms with Crippen LogP contribution in [0.1, 0.15) is 25.0 Å². The SMILES string of the molecule is CC1(C)c2ccccc2-c2cc3c4ccccc4n(-c4ccc(-c5nc6c(o5)-c5cccc7c5c-6cc5ccccc57)cc4)c3cc21. The maximum absolute atomic E-state index is 6.57.